The highest BCUT2D eigenvalue weighted by molar-refractivity contribution is 5.66. The van der Waals surface area contributed by atoms with Crippen molar-refractivity contribution in [2.75, 3.05) is 5.73 Å². The van der Waals surface area contributed by atoms with E-state index in [1.165, 1.54) is 6.07 Å². The Hall–Kier alpha value is -1.97. The van der Waals surface area contributed by atoms with Crippen LogP contribution >= 0.6 is 0 Å². The number of rotatable bonds is 1. The molecule has 0 aliphatic heterocycles. The van der Waals surface area contributed by atoms with Crippen molar-refractivity contribution in [2.45, 2.75) is 6.92 Å². The summed E-state index contributed by atoms with van der Waals surface area (Å²) in [5.41, 5.74) is 7.53. The van der Waals surface area contributed by atoms with Gasteiger partial charge in [-0.2, -0.15) is 0 Å². The molecule has 2 nitrogen and oxygen atoms in total. The highest BCUT2D eigenvalue weighted by Gasteiger charge is 2.07. The van der Waals surface area contributed by atoms with Crippen LogP contribution in [0.4, 0.5) is 14.6 Å². The van der Waals surface area contributed by atoms with Gasteiger partial charge in [0, 0.05) is 11.3 Å². The number of aryl methyl sites for hydroxylation is 1. The van der Waals surface area contributed by atoms with Gasteiger partial charge in [-0.05, 0) is 36.8 Å². The number of nitrogens with two attached hydrogens (primary N) is 1. The molecule has 0 saturated carbocycles. The van der Waals surface area contributed by atoms with Crippen molar-refractivity contribution in [1.29, 1.82) is 0 Å². The first-order valence-electron chi connectivity index (χ1n) is 4.76. The van der Waals surface area contributed by atoms with Gasteiger partial charge in [-0.25, -0.2) is 13.8 Å². The molecule has 16 heavy (non-hydrogen) atoms. The normalized spacial score (nSPS) is 10.4. The Morgan fingerprint density at radius 3 is 2.44 bits per heavy atom. The molecule has 0 fully saturated rings. The van der Waals surface area contributed by atoms with Crippen molar-refractivity contribution in [3.63, 3.8) is 0 Å². The van der Waals surface area contributed by atoms with Gasteiger partial charge < -0.3 is 5.73 Å². The number of halogens is 2. The van der Waals surface area contributed by atoms with Gasteiger partial charge in [0.1, 0.15) is 5.82 Å². The maximum atomic E-state index is 13.1. The van der Waals surface area contributed by atoms with Crippen molar-refractivity contribution in [2.24, 2.45) is 0 Å². The summed E-state index contributed by atoms with van der Waals surface area (Å²) in [5, 5.41) is 0. The van der Waals surface area contributed by atoms with Crippen LogP contribution in [0.1, 0.15) is 5.69 Å². The monoisotopic (exact) mass is 220 g/mol. The summed E-state index contributed by atoms with van der Waals surface area (Å²) in [5.74, 6) is -1.32. The van der Waals surface area contributed by atoms with Crippen LogP contribution in [0.25, 0.3) is 11.1 Å². The SMILES string of the molecule is Cc1nc(N)ccc1-c1ccc(F)c(F)c1. The zero-order valence-corrected chi connectivity index (χ0v) is 8.67. The molecule has 2 rings (SSSR count). The van der Waals surface area contributed by atoms with E-state index < -0.39 is 11.6 Å². The first kappa shape index (κ1) is 10.5. The Kier molecular flexibility index (Phi) is 2.56. The van der Waals surface area contributed by atoms with Gasteiger partial charge in [0.15, 0.2) is 11.6 Å². The van der Waals surface area contributed by atoms with Gasteiger partial charge in [0.2, 0.25) is 0 Å². The molecular formula is C12H10F2N2. The van der Waals surface area contributed by atoms with Crippen LogP contribution in [0.3, 0.4) is 0 Å². The maximum absolute atomic E-state index is 13.1. The van der Waals surface area contributed by atoms with E-state index in [1.807, 2.05) is 0 Å². The summed E-state index contributed by atoms with van der Waals surface area (Å²) in [6.07, 6.45) is 0. The summed E-state index contributed by atoms with van der Waals surface area (Å²) < 4.78 is 25.8. The molecule has 4 heteroatoms. The fraction of sp³-hybridized carbons (Fsp3) is 0.0833. The zero-order chi connectivity index (χ0) is 11.7. The van der Waals surface area contributed by atoms with Crippen LogP contribution in [0.5, 0.6) is 0 Å². The van der Waals surface area contributed by atoms with Gasteiger partial charge in [-0.3, -0.25) is 0 Å². The van der Waals surface area contributed by atoms with E-state index in [1.54, 1.807) is 19.1 Å². The van der Waals surface area contributed by atoms with E-state index in [9.17, 15) is 8.78 Å². The first-order valence-corrected chi connectivity index (χ1v) is 4.76. The van der Waals surface area contributed by atoms with E-state index in [0.29, 0.717) is 17.1 Å². The molecule has 0 spiro atoms. The number of nitrogens with zero attached hydrogens (tertiary/aromatic N) is 1. The lowest BCUT2D eigenvalue weighted by molar-refractivity contribution is 0.509. The molecule has 1 aromatic heterocycles. The predicted molar refractivity (Wildman–Crippen MR) is 58.7 cm³/mol. The third kappa shape index (κ3) is 1.86. The molecule has 0 aliphatic carbocycles. The van der Waals surface area contributed by atoms with Crippen molar-refractivity contribution >= 4 is 5.82 Å². The largest absolute Gasteiger partial charge is 0.384 e. The number of hydrogen-bond donors (Lipinski definition) is 1. The second-order valence-corrected chi connectivity index (χ2v) is 3.50. The molecule has 0 unspecified atom stereocenters. The van der Waals surface area contributed by atoms with Gasteiger partial charge in [-0.15, -0.1) is 0 Å². The average Bonchev–Trinajstić information content (AvgIpc) is 2.22. The lowest BCUT2D eigenvalue weighted by Gasteiger charge is -2.06. The Morgan fingerprint density at radius 2 is 1.81 bits per heavy atom. The van der Waals surface area contributed by atoms with E-state index in [2.05, 4.69) is 4.98 Å². The van der Waals surface area contributed by atoms with Gasteiger partial charge in [0.25, 0.3) is 0 Å². The summed E-state index contributed by atoms with van der Waals surface area (Å²) in [7, 11) is 0. The number of nitrogen functional groups attached to an aromatic ring is 1. The van der Waals surface area contributed by atoms with Gasteiger partial charge in [-0.1, -0.05) is 6.07 Å². The zero-order valence-electron chi connectivity index (χ0n) is 8.67. The standard InChI is InChI=1S/C12H10F2N2/c1-7-9(3-5-12(15)16-7)8-2-4-10(13)11(14)6-8/h2-6H,1H3,(H2,15,16). The minimum Gasteiger partial charge on any atom is -0.384 e. The summed E-state index contributed by atoms with van der Waals surface area (Å²) in [6.45, 7) is 1.77. The van der Waals surface area contributed by atoms with Crippen molar-refractivity contribution in [3.05, 3.63) is 47.7 Å². The summed E-state index contributed by atoms with van der Waals surface area (Å²) in [4.78, 5) is 4.06. The number of pyridine rings is 1. The Bertz CT molecular complexity index is 539. The van der Waals surface area contributed by atoms with Crippen LogP contribution in [0.2, 0.25) is 0 Å². The molecule has 2 N–H and O–H groups in total. The summed E-state index contributed by atoms with van der Waals surface area (Å²) in [6, 6.07) is 7.13. The number of hydrogen-bond acceptors (Lipinski definition) is 2. The molecule has 82 valence electrons. The Labute approximate surface area is 91.7 Å². The molecule has 0 bridgehead atoms. The quantitative estimate of drug-likeness (QED) is 0.802. The van der Waals surface area contributed by atoms with Crippen LogP contribution in [-0.2, 0) is 0 Å². The second kappa shape index (κ2) is 3.89. The van der Waals surface area contributed by atoms with Gasteiger partial charge in [0.05, 0.1) is 0 Å². The van der Waals surface area contributed by atoms with Crippen molar-refractivity contribution in [3.8, 4) is 11.1 Å². The lowest BCUT2D eigenvalue weighted by atomic mass is 10.0. The number of anilines is 1. The summed E-state index contributed by atoms with van der Waals surface area (Å²) >= 11 is 0. The van der Waals surface area contributed by atoms with E-state index in [4.69, 9.17) is 5.73 Å². The Balaban J connectivity index is 2.54. The number of benzene rings is 1. The van der Waals surface area contributed by atoms with E-state index >= 15 is 0 Å². The Morgan fingerprint density at radius 1 is 1.06 bits per heavy atom. The fourth-order valence-corrected chi connectivity index (χ4v) is 1.55. The molecule has 0 saturated heterocycles. The van der Waals surface area contributed by atoms with E-state index in [0.717, 1.165) is 17.7 Å². The molecule has 0 radical (unpaired) electrons. The molecule has 0 amide bonds. The molecule has 0 aliphatic rings. The molecule has 1 heterocycles. The van der Waals surface area contributed by atoms with E-state index in [-0.39, 0.29) is 0 Å². The predicted octanol–water partition coefficient (Wildman–Crippen LogP) is 2.92. The lowest BCUT2D eigenvalue weighted by Crippen LogP contribution is -1.95. The molecule has 0 atom stereocenters. The fourth-order valence-electron chi connectivity index (χ4n) is 1.55. The third-order valence-corrected chi connectivity index (χ3v) is 2.34. The third-order valence-electron chi connectivity index (χ3n) is 2.34. The average molecular weight is 220 g/mol. The highest BCUT2D eigenvalue weighted by atomic mass is 19.2. The van der Waals surface area contributed by atoms with Crippen molar-refractivity contribution < 1.29 is 8.78 Å². The molecular weight excluding hydrogens is 210 g/mol. The van der Waals surface area contributed by atoms with Crippen LogP contribution in [-0.4, -0.2) is 4.98 Å². The topological polar surface area (TPSA) is 38.9 Å². The smallest absolute Gasteiger partial charge is 0.159 e. The maximum Gasteiger partial charge on any atom is 0.159 e. The van der Waals surface area contributed by atoms with Gasteiger partial charge >= 0.3 is 0 Å². The van der Waals surface area contributed by atoms with Crippen LogP contribution in [0, 0.1) is 18.6 Å². The highest BCUT2D eigenvalue weighted by Crippen LogP contribution is 2.24. The van der Waals surface area contributed by atoms with Crippen molar-refractivity contribution in [1.82, 2.24) is 4.98 Å². The minimum atomic E-state index is -0.867. The second-order valence-electron chi connectivity index (χ2n) is 3.50. The number of aromatic nitrogens is 1. The minimum absolute atomic E-state index is 0.406. The van der Waals surface area contributed by atoms with Crippen LogP contribution < -0.4 is 5.73 Å². The first-order chi connectivity index (χ1) is 7.58. The molecule has 2 aromatic rings. The van der Waals surface area contributed by atoms with Crippen LogP contribution in [0.15, 0.2) is 30.3 Å². The molecule has 1 aromatic carbocycles.